The standard InChI is InChI=1S/C9H11F3N2O4S/c1-3-18-8(15)7-5(2)13-4-6(7)14-19(16,17)9(10,11)12/h4,13-14H,3H2,1-2H3. The molecule has 0 atom stereocenters. The molecule has 0 aromatic carbocycles. The largest absolute Gasteiger partial charge is 0.516 e. The molecule has 2 N–H and O–H groups in total. The molecule has 108 valence electrons. The summed E-state index contributed by atoms with van der Waals surface area (Å²) in [6.45, 7) is 2.92. The van der Waals surface area contributed by atoms with Gasteiger partial charge in [0.15, 0.2) is 0 Å². The Labute approximate surface area is 107 Å². The number of alkyl halides is 3. The highest BCUT2D eigenvalue weighted by Crippen LogP contribution is 2.28. The summed E-state index contributed by atoms with van der Waals surface area (Å²) in [4.78, 5) is 14.0. The van der Waals surface area contributed by atoms with E-state index in [0.717, 1.165) is 6.20 Å². The third-order valence-corrected chi connectivity index (χ3v) is 3.20. The summed E-state index contributed by atoms with van der Waals surface area (Å²) in [6, 6.07) is 0. The second-order valence-corrected chi connectivity index (χ2v) is 5.15. The number of anilines is 1. The highest BCUT2D eigenvalue weighted by Gasteiger charge is 2.46. The van der Waals surface area contributed by atoms with Crippen LogP contribution in [0.1, 0.15) is 23.0 Å². The topological polar surface area (TPSA) is 88.3 Å². The van der Waals surface area contributed by atoms with Crippen molar-refractivity contribution in [2.45, 2.75) is 19.4 Å². The number of aromatic nitrogens is 1. The number of halogens is 3. The van der Waals surface area contributed by atoms with Gasteiger partial charge >= 0.3 is 21.5 Å². The third kappa shape index (κ3) is 3.19. The molecule has 0 saturated carbocycles. The molecule has 0 amide bonds. The second kappa shape index (κ2) is 5.11. The molecular weight excluding hydrogens is 289 g/mol. The van der Waals surface area contributed by atoms with Crippen molar-refractivity contribution in [1.29, 1.82) is 0 Å². The maximum atomic E-state index is 12.2. The van der Waals surface area contributed by atoms with E-state index in [2.05, 4.69) is 9.72 Å². The van der Waals surface area contributed by atoms with E-state index in [1.165, 1.54) is 18.6 Å². The monoisotopic (exact) mass is 300 g/mol. The second-order valence-electron chi connectivity index (χ2n) is 3.47. The summed E-state index contributed by atoms with van der Waals surface area (Å²) in [5, 5.41) is 0. The van der Waals surface area contributed by atoms with Gasteiger partial charge in [0.2, 0.25) is 0 Å². The van der Waals surface area contributed by atoms with Gasteiger partial charge in [0.1, 0.15) is 5.56 Å². The van der Waals surface area contributed by atoms with E-state index >= 15 is 0 Å². The first-order valence-corrected chi connectivity index (χ1v) is 6.52. The Balaban J connectivity index is 3.14. The number of ether oxygens (including phenoxy) is 1. The van der Waals surface area contributed by atoms with Crippen LogP contribution in [0.2, 0.25) is 0 Å². The van der Waals surface area contributed by atoms with Gasteiger partial charge < -0.3 is 9.72 Å². The van der Waals surface area contributed by atoms with Gasteiger partial charge in [0.05, 0.1) is 12.3 Å². The molecule has 1 rings (SSSR count). The molecule has 0 bridgehead atoms. The van der Waals surface area contributed by atoms with Gasteiger partial charge in [-0.2, -0.15) is 21.6 Å². The zero-order valence-corrected chi connectivity index (χ0v) is 10.8. The molecule has 0 aliphatic heterocycles. The summed E-state index contributed by atoms with van der Waals surface area (Å²) in [5.74, 6) is -0.916. The van der Waals surface area contributed by atoms with Crippen molar-refractivity contribution in [3.63, 3.8) is 0 Å². The first-order chi connectivity index (χ1) is 8.60. The van der Waals surface area contributed by atoms with Crippen LogP contribution in [-0.2, 0) is 14.8 Å². The molecule has 10 heteroatoms. The van der Waals surface area contributed by atoms with Crippen LogP contribution < -0.4 is 4.72 Å². The summed E-state index contributed by atoms with van der Waals surface area (Å²) in [6.07, 6.45) is 0.949. The Kier molecular flexibility index (Phi) is 4.13. The fourth-order valence-corrected chi connectivity index (χ4v) is 1.84. The maximum absolute atomic E-state index is 12.2. The van der Waals surface area contributed by atoms with E-state index in [1.807, 2.05) is 0 Å². The summed E-state index contributed by atoms with van der Waals surface area (Å²) >= 11 is 0. The van der Waals surface area contributed by atoms with E-state index in [4.69, 9.17) is 0 Å². The van der Waals surface area contributed by atoms with E-state index in [9.17, 15) is 26.4 Å². The van der Waals surface area contributed by atoms with Gasteiger partial charge in [-0.3, -0.25) is 4.72 Å². The molecule has 0 radical (unpaired) electrons. The fourth-order valence-electron chi connectivity index (χ4n) is 1.28. The van der Waals surface area contributed by atoms with Gasteiger partial charge in [0, 0.05) is 11.9 Å². The Morgan fingerprint density at radius 3 is 2.53 bits per heavy atom. The Bertz CT molecular complexity index is 577. The number of esters is 1. The van der Waals surface area contributed by atoms with Crippen LogP contribution in [0.25, 0.3) is 0 Å². The number of carbonyl (C=O) groups is 1. The third-order valence-electron chi connectivity index (χ3n) is 2.11. The van der Waals surface area contributed by atoms with Crippen LogP contribution in [0.15, 0.2) is 6.20 Å². The number of hydrogen-bond donors (Lipinski definition) is 2. The van der Waals surface area contributed by atoms with Gasteiger partial charge in [-0.15, -0.1) is 0 Å². The van der Waals surface area contributed by atoms with Crippen LogP contribution in [0.4, 0.5) is 18.9 Å². The maximum Gasteiger partial charge on any atom is 0.516 e. The molecule has 1 heterocycles. The van der Waals surface area contributed by atoms with Gasteiger partial charge in [-0.25, -0.2) is 4.79 Å². The summed E-state index contributed by atoms with van der Waals surface area (Å²) in [5.41, 5.74) is -6.06. The number of H-pyrrole nitrogens is 1. The van der Waals surface area contributed by atoms with E-state index in [0.29, 0.717) is 0 Å². The van der Waals surface area contributed by atoms with Crippen LogP contribution in [-0.4, -0.2) is 31.5 Å². The molecule has 0 fully saturated rings. The molecule has 1 aromatic heterocycles. The molecule has 19 heavy (non-hydrogen) atoms. The van der Waals surface area contributed by atoms with Crippen molar-refractivity contribution in [3.8, 4) is 0 Å². The smallest absolute Gasteiger partial charge is 0.462 e. The number of nitrogens with one attached hydrogen (secondary N) is 2. The van der Waals surface area contributed by atoms with E-state index in [1.54, 1.807) is 0 Å². The molecule has 1 aromatic rings. The minimum absolute atomic E-state index is 0.00884. The first kappa shape index (κ1) is 15.3. The lowest BCUT2D eigenvalue weighted by atomic mass is 10.2. The molecule has 0 unspecified atom stereocenters. The average Bonchev–Trinajstić information content (AvgIpc) is 2.57. The van der Waals surface area contributed by atoms with Crippen molar-refractivity contribution < 1.29 is 31.1 Å². The van der Waals surface area contributed by atoms with Crippen LogP contribution >= 0.6 is 0 Å². The van der Waals surface area contributed by atoms with Gasteiger partial charge in [0.25, 0.3) is 0 Å². The SMILES string of the molecule is CCOC(=O)c1c(NS(=O)(=O)C(F)(F)F)c[nH]c1C. The normalized spacial score (nSPS) is 12.3. The molecule has 0 aliphatic carbocycles. The Hall–Kier alpha value is -1.71. The summed E-state index contributed by atoms with van der Waals surface area (Å²) < 4.78 is 64.5. The average molecular weight is 300 g/mol. The van der Waals surface area contributed by atoms with Gasteiger partial charge in [-0.05, 0) is 13.8 Å². The number of aromatic amines is 1. The highest BCUT2D eigenvalue weighted by molar-refractivity contribution is 7.93. The zero-order valence-electron chi connectivity index (χ0n) is 9.96. The van der Waals surface area contributed by atoms with Crippen molar-refractivity contribution in [2.75, 3.05) is 11.3 Å². The lowest BCUT2D eigenvalue weighted by molar-refractivity contribution is -0.0429. The lowest BCUT2D eigenvalue weighted by Gasteiger charge is -2.11. The highest BCUT2D eigenvalue weighted by atomic mass is 32.2. The molecule has 6 nitrogen and oxygen atoms in total. The fraction of sp³-hybridized carbons (Fsp3) is 0.444. The number of hydrogen-bond acceptors (Lipinski definition) is 4. The molecular formula is C9H11F3N2O4S. The van der Waals surface area contributed by atoms with E-state index < -0.39 is 27.2 Å². The summed E-state index contributed by atoms with van der Waals surface area (Å²) in [7, 11) is -5.59. The van der Waals surface area contributed by atoms with E-state index in [-0.39, 0.29) is 17.9 Å². The predicted octanol–water partition coefficient (Wildman–Crippen LogP) is 1.76. The predicted molar refractivity (Wildman–Crippen MR) is 60.1 cm³/mol. The quantitative estimate of drug-likeness (QED) is 0.829. The van der Waals surface area contributed by atoms with Crippen molar-refractivity contribution >= 4 is 21.7 Å². The van der Waals surface area contributed by atoms with Crippen molar-refractivity contribution in [2.24, 2.45) is 0 Å². The molecule has 0 saturated heterocycles. The number of rotatable bonds is 4. The van der Waals surface area contributed by atoms with Gasteiger partial charge in [-0.1, -0.05) is 0 Å². The number of carbonyl (C=O) groups excluding carboxylic acids is 1. The van der Waals surface area contributed by atoms with Crippen LogP contribution in [0.3, 0.4) is 0 Å². The number of sulfonamides is 1. The lowest BCUT2D eigenvalue weighted by Crippen LogP contribution is -2.30. The minimum Gasteiger partial charge on any atom is -0.462 e. The Morgan fingerprint density at radius 2 is 2.05 bits per heavy atom. The van der Waals surface area contributed by atoms with Crippen LogP contribution in [0.5, 0.6) is 0 Å². The minimum atomic E-state index is -5.59. The van der Waals surface area contributed by atoms with Crippen molar-refractivity contribution in [1.82, 2.24) is 4.98 Å². The number of aryl methyl sites for hydroxylation is 1. The van der Waals surface area contributed by atoms with Crippen LogP contribution in [0, 0.1) is 6.92 Å². The first-order valence-electron chi connectivity index (χ1n) is 5.04. The molecule has 0 spiro atoms. The molecule has 0 aliphatic rings. The van der Waals surface area contributed by atoms with Crippen molar-refractivity contribution in [3.05, 3.63) is 17.5 Å². The zero-order chi connectivity index (χ0) is 14.8. The Morgan fingerprint density at radius 1 is 1.47 bits per heavy atom.